The van der Waals surface area contributed by atoms with Gasteiger partial charge in [0.05, 0.1) is 12.4 Å². The zero-order valence-corrected chi connectivity index (χ0v) is 12.3. The average molecular weight is 327 g/mol. The van der Waals surface area contributed by atoms with Crippen LogP contribution in [0.25, 0.3) is 0 Å². The molecule has 0 bridgehead atoms. The van der Waals surface area contributed by atoms with E-state index in [0.717, 1.165) is 23.6 Å². The molecule has 124 valence electrons. The number of carbonyl (C=O) groups excluding carboxylic acids is 1. The summed E-state index contributed by atoms with van der Waals surface area (Å²) in [5.74, 6) is -0.230. The van der Waals surface area contributed by atoms with Crippen LogP contribution in [0.3, 0.4) is 0 Å². The van der Waals surface area contributed by atoms with Crippen molar-refractivity contribution in [3.8, 4) is 0 Å². The molecule has 0 aliphatic carbocycles. The molecule has 0 spiro atoms. The lowest BCUT2D eigenvalue weighted by atomic mass is 10.1. The van der Waals surface area contributed by atoms with Gasteiger partial charge in [0.2, 0.25) is 5.91 Å². The number of imidazole rings is 1. The summed E-state index contributed by atoms with van der Waals surface area (Å²) in [5, 5.41) is 3.41. The van der Waals surface area contributed by atoms with Crippen LogP contribution in [0.1, 0.15) is 24.6 Å². The van der Waals surface area contributed by atoms with Gasteiger partial charge in [0.15, 0.2) is 5.69 Å². The maximum absolute atomic E-state index is 12.5. The molecule has 1 aliphatic rings. The number of carbonyl (C=O) groups is 1. The van der Waals surface area contributed by atoms with Gasteiger partial charge in [0, 0.05) is 31.7 Å². The summed E-state index contributed by atoms with van der Waals surface area (Å²) >= 11 is 0. The summed E-state index contributed by atoms with van der Waals surface area (Å²) in [5.41, 5.74) is -0.986. The number of amides is 1. The smallest absolute Gasteiger partial charge is 0.339 e. The average Bonchev–Trinajstić information content (AvgIpc) is 3.18. The van der Waals surface area contributed by atoms with Crippen LogP contribution in [0, 0.1) is 0 Å². The molecule has 1 saturated heterocycles. The van der Waals surface area contributed by atoms with Crippen LogP contribution in [0.2, 0.25) is 0 Å². The van der Waals surface area contributed by atoms with Crippen molar-refractivity contribution in [3.05, 3.63) is 36.7 Å². The fourth-order valence-electron chi connectivity index (χ4n) is 2.75. The van der Waals surface area contributed by atoms with Crippen LogP contribution in [0.15, 0.2) is 31.0 Å². The molecule has 0 N–H and O–H groups in total. The van der Waals surface area contributed by atoms with Crippen molar-refractivity contribution in [1.82, 2.24) is 24.2 Å². The number of hydrogen-bond acceptors (Lipinski definition) is 3. The van der Waals surface area contributed by atoms with Gasteiger partial charge < -0.3 is 9.47 Å². The van der Waals surface area contributed by atoms with Crippen LogP contribution in [0.4, 0.5) is 13.2 Å². The molecule has 2 aromatic rings. The van der Waals surface area contributed by atoms with E-state index in [0.29, 0.717) is 13.1 Å². The Morgan fingerprint density at radius 3 is 2.83 bits per heavy atom. The largest absolute Gasteiger partial charge is 0.435 e. The highest BCUT2D eigenvalue weighted by Gasteiger charge is 2.34. The summed E-state index contributed by atoms with van der Waals surface area (Å²) in [4.78, 5) is 18.0. The van der Waals surface area contributed by atoms with Crippen LogP contribution in [0.5, 0.6) is 0 Å². The summed E-state index contributed by atoms with van der Waals surface area (Å²) in [6.45, 7) is 0.951. The number of likely N-dealkylation sites (tertiary alicyclic amines) is 1. The lowest BCUT2D eigenvalue weighted by Crippen LogP contribution is -2.42. The van der Waals surface area contributed by atoms with Gasteiger partial charge in [0.25, 0.3) is 0 Å². The number of rotatable bonds is 3. The zero-order valence-electron chi connectivity index (χ0n) is 12.3. The van der Waals surface area contributed by atoms with Crippen molar-refractivity contribution < 1.29 is 18.0 Å². The molecule has 0 saturated carbocycles. The van der Waals surface area contributed by atoms with E-state index >= 15 is 0 Å². The van der Waals surface area contributed by atoms with E-state index in [2.05, 4.69) is 10.1 Å². The molecule has 0 unspecified atom stereocenters. The monoisotopic (exact) mass is 327 g/mol. The van der Waals surface area contributed by atoms with Gasteiger partial charge in [-0.2, -0.15) is 18.3 Å². The van der Waals surface area contributed by atoms with E-state index in [1.165, 1.54) is 6.20 Å². The Kier molecular flexibility index (Phi) is 4.10. The Labute approximate surface area is 130 Å². The Morgan fingerprint density at radius 1 is 1.35 bits per heavy atom. The molecule has 1 atom stereocenters. The van der Waals surface area contributed by atoms with Crippen LogP contribution in [-0.2, 0) is 17.5 Å². The Bertz CT molecular complexity index is 664. The first-order chi connectivity index (χ1) is 10.9. The highest BCUT2D eigenvalue weighted by atomic mass is 19.4. The maximum Gasteiger partial charge on any atom is 0.435 e. The fraction of sp³-hybridized carbons (Fsp3) is 0.500. The standard InChI is InChI=1S/C14H16F3N5O/c15-14(16,17)12-3-6-22(19-12)9-13(23)20-5-1-2-11(8-20)21-7-4-18-10-21/h3-4,6-7,10-11H,1-2,5,8-9H2/t11-/m0/s1. The molecule has 2 aromatic heterocycles. The third-order valence-electron chi connectivity index (χ3n) is 3.92. The SMILES string of the molecule is O=C(Cn1ccc(C(F)(F)F)n1)N1CCC[C@H](n2ccnc2)C1. The molecule has 3 rings (SSSR count). The predicted octanol–water partition coefficient (Wildman–Crippen LogP) is 1.96. The van der Waals surface area contributed by atoms with Crippen molar-refractivity contribution >= 4 is 5.91 Å². The fourth-order valence-corrected chi connectivity index (χ4v) is 2.75. The van der Waals surface area contributed by atoms with E-state index in [9.17, 15) is 18.0 Å². The Morgan fingerprint density at radius 2 is 2.17 bits per heavy atom. The van der Waals surface area contributed by atoms with E-state index in [1.807, 2.05) is 10.8 Å². The maximum atomic E-state index is 12.5. The third kappa shape index (κ3) is 3.54. The summed E-state index contributed by atoms with van der Waals surface area (Å²) in [7, 11) is 0. The second-order valence-electron chi connectivity index (χ2n) is 5.54. The Balaban J connectivity index is 1.63. The van der Waals surface area contributed by atoms with Gasteiger partial charge in [-0.05, 0) is 18.9 Å². The summed E-state index contributed by atoms with van der Waals surface area (Å²) in [6, 6.07) is 1.02. The molecule has 6 nitrogen and oxygen atoms in total. The molecule has 3 heterocycles. The predicted molar refractivity (Wildman–Crippen MR) is 74.3 cm³/mol. The first-order valence-corrected chi connectivity index (χ1v) is 7.29. The van der Waals surface area contributed by atoms with Crippen molar-refractivity contribution in [3.63, 3.8) is 0 Å². The second kappa shape index (κ2) is 6.05. The normalized spacial score (nSPS) is 19.1. The third-order valence-corrected chi connectivity index (χ3v) is 3.92. The molecule has 1 fully saturated rings. The van der Waals surface area contributed by atoms with Gasteiger partial charge in [0.1, 0.15) is 6.54 Å². The number of piperidine rings is 1. The minimum atomic E-state index is -4.49. The van der Waals surface area contributed by atoms with E-state index in [-0.39, 0.29) is 18.5 Å². The first-order valence-electron chi connectivity index (χ1n) is 7.29. The van der Waals surface area contributed by atoms with Crippen LogP contribution >= 0.6 is 0 Å². The lowest BCUT2D eigenvalue weighted by molar-refractivity contribution is -0.142. The number of hydrogen-bond donors (Lipinski definition) is 0. The minimum absolute atomic E-state index is 0.151. The minimum Gasteiger partial charge on any atom is -0.339 e. The number of alkyl halides is 3. The highest BCUT2D eigenvalue weighted by Crippen LogP contribution is 2.27. The van der Waals surface area contributed by atoms with E-state index in [4.69, 9.17) is 0 Å². The number of halogens is 3. The number of aromatic nitrogens is 4. The molecule has 1 aliphatic heterocycles. The molecular formula is C14H16F3N5O. The van der Waals surface area contributed by atoms with Gasteiger partial charge in [-0.25, -0.2) is 4.98 Å². The molecule has 0 aromatic carbocycles. The molecule has 23 heavy (non-hydrogen) atoms. The second-order valence-corrected chi connectivity index (χ2v) is 5.54. The van der Waals surface area contributed by atoms with Crippen molar-refractivity contribution in [2.45, 2.75) is 31.6 Å². The van der Waals surface area contributed by atoms with Gasteiger partial charge in [-0.3, -0.25) is 9.48 Å². The first kappa shape index (κ1) is 15.6. The van der Waals surface area contributed by atoms with Crippen molar-refractivity contribution in [2.24, 2.45) is 0 Å². The lowest BCUT2D eigenvalue weighted by Gasteiger charge is -2.33. The summed E-state index contributed by atoms with van der Waals surface area (Å²) in [6.07, 6.45) is 3.72. The van der Waals surface area contributed by atoms with E-state index < -0.39 is 11.9 Å². The summed E-state index contributed by atoms with van der Waals surface area (Å²) < 4.78 is 40.6. The van der Waals surface area contributed by atoms with Gasteiger partial charge >= 0.3 is 6.18 Å². The van der Waals surface area contributed by atoms with Crippen molar-refractivity contribution in [1.29, 1.82) is 0 Å². The van der Waals surface area contributed by atoms with Gasteiger partial charge in [-0.15, -0.1) is 0 Å². The molecular weight excluding hydrogens is 311 g/mol. The molecule has 9 heteroatoms. The van der Waals surface area contributed by atoms with Crippen LogP contribution in [-0.4, -0.2) is 43.2 Å². The van der Waals surface area contributed by atoms with E-state index in [1.54, 1.807) is 17.4 Å². The van der Waals surface area contributed by atoms with Crippen molar-refractivity contribution in [2.75, 3.05) is 13.1 Å². The molecule has 1 amide bonds. The zero-order chi connectivity index (χ0) is 16.4. The Hall–Kier alpha value is -2.32. The topological polar surface area (TPSA) is 56.0 Å². The highest BCUT2D eigenvalue weighted by molar-refractivity contribution is 5.76. The quantitative estimate of drug-likeness (QED) is 0.866. The number of nitrogens with zero attached hydrogens (tertiary/aromatic N) is 5. The van der Waals surface area contributed by atoms with Crippen LogP contribution < -0.4 is 0 Å². The molecule has 0 radical (unpaired) electrons. The van der Waals surface area contributed by atoms with Gasteiger partial charge in [-0.1, -0.05) is 0 Å².